The van der Waals surface area contributed by atoms with E-state index in [0.717, 1.165) is 17.6 Å². The first-order valence-corrected chi connectivity index (χ1v) is 7.39. The Morgan fingerprint density at radius 1 is 1.48 bits per heavy atom. The molecule has 4 heteroatoms. The normalized spacial score (nSPS) is 16.3. The maximum atomic E-state index is 11.6. The molecule has 0 bridgehead atoms. The molecular weight excluding hydrogens is 285 g/mol. The van der Waals surface area contributed by atoms with Gasteiger partial charge in [-0.3, -0.25) is 0 Å². The Balaban J connectivity index is 3.17. The third kappa shape index (κ3) is 4.75. The molecule has 23 heavy (non-hydrogen) atoms. The number of esters is 1. The first-order valence-electron chi connectivity index (χ1n) is 7.39. The predicted octanol–water partition coefficient (Wildman–Crippen LogP) is 3.91. The van der Waals surface area contributed by atoms with Gasteiger partial charge in [0.25, 0.3) is 0 Å². The standard InChI is InChI=1S/C19H22BNO2/c1-6-9-17(18(20)8-3)15(7-2)13-21-11-10-16(12-14(21)4)19(22)23-5/h6,8-13H,3-4,7H2,1-2,5H3/b9-6-,15-13+,18-17-. The second-order valence-electron chi connectivity index (χ2n) is 4.89. The van der Waals surface area contributed by atoms with E-state index in [-0.39, 0.29) is 5.97 Å². The van der Waals surface area contributed by atoms with Gasteiger partial charge in [0.15, 0.2) is 0 Å². The van der Waals surface area contributed by atoms with Crippen LogP contribution in [0.15, 0.2) is 83.8 Å². The second-order valence-corrected chi connectivity index (χ2v) is 4.89. The maximum Gasteiger partial charge on any atom is 0.337 e. The van der Waals surface area contributed by atoms with Crippen molar-refractivity contribution < 1.29 is 9.53 Å². The topological polar surface area (TPSA) is 29.5 Å². The molecule has 0 spiro atoms. The van der Waals surface area contributed by atoms with E-state index in [0.29, 0.717) is 16.7 Å². The van der Waals surface area contributed by atoms with Gasteiger partial charge in [-0.25, -0.2) is 4.79 Å². The van der Waals surface area contributed by atoms with Crippen molar-refractivity contribution in [1.82, 2.24) is 4.90 Å². The minimum Gasteiger partial charge on any atom is -0.465 e. The molecule has 118 valence electrons. The zero-order valence-corrected chi connectivity index (χ0v) is 14.0. The van der Waals surface area contributed by atoms with Crippen molar-refractivity contribution in [3.05, 3.63) is 83.8 Å². The van der Waals surface area contributed by atoms with Crippen molar-refractivity contribution in [3.63, 3.8) is 0 Å². The van der Waals surface area contributed by atoms with E-state index >= 15 is 0 Å². The summed E-state index contributed by atoms with van der Waals surface area (Å²) in [6.07, 6.45) is 13.4. The molecule has 0 unspecified atom stereocenters. The Labute approximate surface area is 140 Å². The highest BCUT2D eigenvalue weighted by atomic mass is 16.5. The number of rotatable bonds is 6. The summed E-state index contributed by atoms with van der Waals surface area (Å²) in [4.78, 5) is 13.4. The van der Waals surface area contributed by atoms with Crippen LogP contribution in [0.2, 0.25) is 0 Å². The lowest BCUT2D eigenvalue weighted by Gasteiger charge is -2.22. The van der Waals surface area contributed by atoms with E-state index in [2.05, 4.69) is 20.1 Å². The molecule has 1 heterocycles. The number of carbonyl (C=O) groups excluding carboxylic acids is 1. The van der Waals surface area contributed by atoms with Gasteiger partial charge in [0.2, 0.25) is 0 Å². The smallest absolute Gasteiger partial charge is 0.337 e. The Morgan fingerprint density at radius 3 is 2.65 bits per heavy atom. The van der Waals surface area contributed by atoms with Crippen LogP contribution in [0.4, 0.5) is 0 Å². The summed E-state index contributed by atoms with van der Waals surface area (Å²) in [5.41, 5.74) is 3.73. The highest BCUT2D eigenvalue weighted by molar-refractivity contribution is 6.24. The molecule has 0 aromatic heterocycles. The summed E-state index contributed by atoms with van der Waals surface area (Å²) in [6.45, 7) is 11.7. The van der Waals surface area contributed by atoms with Gasteiger partial charge in [0.1, 0.15) is 7.85 Å². The Kier molecular flexibility index (Phi) is 7.13. The molecule has 0 aromatic carbocycles. The molecule has 3 nitrogen and oxygen atoms in total. The van der Waals surface area contributed by atoms with E-state index < -0.39 is 0 Å². The third-order valence-electron chi connectivity index (χ3n) is 3.38. The van der Waals surface area contributed by atoms with Gasteiger partial charge in [-0.05, 0) is 36.6 Å². The van der Waals surface area contributed by atoms with Crippen LogP contribution < -0.4 is 0 Å². The van der Waals surface area contributed by atoms with Crippen LogP contribution in [0.5, 0.6) is 0 Å². The monoisotopic (exact) mass is 307 g/mol. The van der Waals surface area contributed by atoms with E-state index in [1.54, 1.807) is 24.4 Å². The molecule has 0 N–H and O–H groups in total. The van der Waals surface area contributed by atoms with Crippen LogP contribution in [-0.2, 0) is 9.53 Å². The first kappa shape index (κ1) is 18.6. The van der Waals surface area contributed by atoms with Gasteiger partial charge in [-0.15, -0.1) is 0 Å². The summed E-state index contributed by atoms with van der Waals surface area (Å²) in [6, 6.07) is 0. The van der Waals surface area contributed by atoms with Crippen molar-refractivity contribution in [2.75, 3.05) is 7.11 Å². The van der Waals surface area contributed by atoms with Crippen LogP contribution >= 0.6 is 0 Å². The maximum absolute atomic E-state index is 11.6. The number of hydrogen-bond acceptors (Lipinski definition) is 3. The fraction of sp³-hybridized carbons (Fsp3) is 0.211. The molecule has 0 fully saturated rings. The zero-order valence-electron chi connectivity index (χ0n) is 14.0. The average molecular weight is 307 g/mol. The lowest BCUT2D eigenvalue weighted by molar-refractivity contribution is -0.135. The quantitative estimate of drug-likeness (QED) is 0.423. The fourth-order valence-corrected chi connectivity index (χ4v) is 2.11. The predicted molar refractivity (Wildman–Crippen MR) is 96.4 cm³/mol. The molecule has 0 aromatic rings. The molecule has 1 aliphatic rings. The Morgan fingerprint density at radius 2 is 2.17 bits per heavy atom. The van der Waals surface area contributed by atoms with Crippen molar-refractivity contribution in [2.24, 2.45) is 0 Å². The van der Waals surface area contributed by atoms with Crippen molar-refractivity contribution >= 4 is 13.8 Å². The van der Waals surface area contributed by atoms with Crippen LogP contribution in [0.1, 0.15) is 20.3 Å². The minimum absolute atomic E-state index is 0.382. The minimum atomic E-state index is -0.382. The number of ether oxygens (including phenoxy) is 1. The van der Waals surface area contributed by atoms with E-state index in [4.69, 9.17) is 12.6 Å². The second kappa shape index (κ2) is 8.84. The summed E-state index contributed by atoms with van der Waals surface area (Å²) in [5, 5.41) is 0. The molecule has 2 radical (unpaired) electrons. The van der Waals surface area contributed by atoms with E-state index in [1.807, 2.05) is 30.2 Å². The zero-order chi connectivity index (χ0) is 17.4. The Bertz CT molecular complexity index is 648. The molecular formula is C19H22BNO2. The highest BCUT2D eigenvalue weighted by Crippen LogP contribution is 2.24. The van der Waals surface area contributed by atoms with Gasteiger partial charge >= 0.3 is 5.97 Å². The van der Waals surface area contributed by atoms with Gasteiger partial charge in [-0.1, -0.05) is 43.8 Å². The number of nitrogens with zero attached hydrogens (tertiary/aromatic N) is 1. The van der Waals surface area contributed by atoms with Crippen LogP contribution in [0.3, 0.4) is 0 Å². The Hall–Kier alpha value is -2.49. The molecule has 0 saturated carbocycles. The number of hydrogen-bond donors (Lipinski definition) is 0. The van der Waals surface area contributed by atoms with Crippen molar-refractivity contribution in [3.8, 4) is 0 Å². The summed E-state index contributed by atoms with van der Waals surface area (Å²) in [7, 11) is 7.39. The fourth-order valence-electron chi connectivity index (χ4n) is 2.11. The molecule has 0 atom stereocenters. The van der Waals surface area contributed by atoms with Crippen LogP contribution in [0.25, 0.3) is 0 Å². The van der Waals surface area contributed by atoms with E-state index in [9.17, 15) is 4.79 Å². The molecule has 1 aliphatic heterocycles. The lowest BCUT2D eigenvalue weighted by Crippen LogP contribution is -2.15. The van der Waals surface area contributed by atoms with E-state index in [1.165, 1.54) is 7.11 Å². The van der Waals surface area contributed by atoms with Gasteiger partial charge in [-0.2, -0.15) is 0 Å². The SMILES string of the molecule is [B]/C(C=C)=C(/C=C\C)C(=C\N1C=CC(C(=O)OC)=CC1=C)\CC. The molecule has 0 saturated heterocycles. The first-order chi connectivity index (χ1) is 11.0. The summed E-state index contributed by atoms with van der Waals surface area (Å²) < 4.78 is 4.71. The van der Waals surface area contributed by atoms with Crippen LogP contribution in [0, 0.1) is 0 Å². The van der Waals surface area contributed by atoms with Crippen LogP contribution in [-0.4, -0.2) is 25.8 Å². The van der Waals surface area contributed by atoms with Gasteiger partial charge in [0.05, 0.1) is 12.7 Å². The van der Waals surface area contributed by atoms with Gasteiger partial charge < -0.3 is 9.64 Å². The van der Waals surface area contributed by atoms with Crippen molar-refractivity contribution in [1.29, 1.82) is 0 Å². The number of carbonyl (C=O) groups is 1. The molecule has 0 aliphatic carbocycles. The summed E-state index contributed by atoms with van der Waals surface area (Å²) in [5.74, 6) is -0.382. The average Bonchev–Trinajstić information content (AvgIpc) is 2.57. The number of methoxy groups -OCH3 is 1. The van der Waals surface area contributed by atoms with Gasteiger partial charge in [0, 0.05) is 18.1 Å². The van der Waals surface area contributed by atoms with Crippen molar-refractivity contribution in [2.45, 2.75) is 20.3 Å². The third-order valence-corrected chi connectivity index (χ3v) is 3.38. The lowest BCUT2D eigenvalue weighted by atomic mass is 9.86. The number of allylic oxidation sites excluding steroid dienone is 7. The molecule has 1 rings (SSSR count). The largest absolute Gasteiger partial charge is 0.465 e. The summed E-state index contributed by atoms with van der Waals surface area (Å²) >= 11 is 0. The molecule has 0 amide bonds. The highest BCUT2D eigenvalue weighted by Gasteiger charge is 2.14.